The lowest BCUT2D eigenvalue weighted by atomic mass is 9.24. The molecule has 0 spiro atoms. The molecular formula is C20H30O8. The van der Waals surface area contributed by atoms with E-state index in [1.54, 1.807) is 41.5 Å². The molecule has 8 heteroatoms. The number of carboxylic acids is 4. The molecule has 0 aromatic carbocycles. The van der Waals surface area contributed by atoms with Gasteiger partial charge in [-0.25, -0.2) is 0 Å². The first kappa shape index (κ1) is 22.2. The van der Waals surface area contributed by atoms with Gasteiger partial charge in [-0.2, -0.15) is 0 Å². The normalized spacial score (nSPS) is 38.1. The molecular weight excluding hydrogens is 368 g/mol. The highest BCUT2D eigenvalue weighted by molar-refractivity contribution is 5.92. The fourth-order valence-corrected chi connectivity index (χ4v) is 6.79. The van der Waals surface area contributed by atoms with E-state index < -0.39 is 69.2 Å². The van der Waals surface area contributed by atoms with Crippen molar-refractivity contribution < 1.29 is 39.6 Å². The number of rotatable bonds is 4. The third kappa shape index (κ3) is 2.35. The summed E-state index contributed by atoms with van der Waals surface area (Å²) in [6.45, 7) is 10.00. The third-order valence-corrected chi connectivity index (χ3v) is 7.40. The van der Waals surface area contributed by atoms with Gasteiger partial charge in [0.1, 0.15) is 0 Å². The number of carboxylic acid groups (broad SMARTS) is 4. The van der Waals surface area contributed by atoms with Gasteiger partial charge >= 0.3 is 23.9 Å². The molecule has 0 heterocycles. The van der Waals surface area contributed by atoms with Gasteiger partial charge in [0.25, 0.3) is 0 Å². The Hall–Kier alpha value is -2.12. The lowest BCUT2D eigenvalue weighted by Crippen LogP contribution is -2.81. The molecule has 0 aliphatic heterocycles. The van der Waals surface area contributed by atoms with Crippen LogP contribution < -0.4 is 0 Å². The Bertz CT molecular complexity index is 665. The molecule has 4 N–H and O–H groups in total. The van der Waals surface area contributed by atoms with Gasteiger partial charge < -0.3 is 20.4 Å². The molecule has 2 rings (SSSR count). The molecule has 28 heavy (non-hydrogen) atoms. The van der Waals surface area contributed by atoms with E-state index in [2.05, 4.69) is 0 Å². The van der Waals surface area contributed by atoms with Gasteiger partial charge in [-0.1, -0.05) is 41.5 Å². The van der Waals surface area contributed by atoms with Gasteiger partial charge in [-0.05, 0) is 35.5 Å². The third-order valence-electron chi connectivity index (χ3n) is 7.40. The first-order valence-corrected chi connectivity index (χ1v) is 9.42. The van der Waals surface area contributed by atoms with E-state index in [0.29, 0.717) is 0 Å². The predicted octanol–water partition coefficient (Wildman–Crippen LogP) is 2.66. The van der Waals surface area contributed by atoms with Gasteiger partial charge in [0, 0.05) is 0 Å². The Morgan fingerprint density at radius 1 is 0.643 bits per heavy atom. The van der Waals surface area contributed by atoms with Crippen molar-refractivity contribution in [2.45, 2.75) is 54.4 Å². The molecule has 2 fully saturated rings. The summed E-state index contributed by atoms with van der Waals surface area (Å²) in [5, 5.41) is 39.9. The van der Waals surface area contributed by atoms with Crippen molar-refractivity contribution >= 4 is 23.9 Å². The van der Waals surface area contributed by atoms with E-state index in [0.717, 1.165) is 0 Å². The summed E-state index contributed by atoms with van der Waals surface area (Å²) in [7, 11) is 0. The first-order chi connectivity index (χ1) is 12.5. The van der Waals surface area contributed by atoms with Crippen LogP contribution in [0.1, 0.15) is 54.4 Å². The van der Waals surface area contributed by atoms with Crippen LogP contribution in [-0.2, 0) is 19.2 Å². The van der Waals surface area contributed by atoms with E-state index in [-0.39, 0.29) is 12.8 Å². The molecule has 0 aromatic rings. The monoisotopic (exact) mass is 398 g/mol. The van der Waals surface area contributed by atoms with Crippen molar-refractivity contribution in [1.82, 2.24) is 0 Å². The number of hydrogen-bond donors (Lipinski definition) is 4. The fourth-order valence-electron chi connectivity index (χ4n) is 6.79. The smallest absolute Gasteiger partial charge is 0.311 e. The lowest BCUT2D eigenvalue weighted by Gasteiger charge is -2.75. The van der Waals surface area contributed by atoms with E-state index >= 15 is 0 Å². The van der Waals surface area contributed by atoms with Crippen LogP contribution in [0.3, 0.4) is 0 Å². The van der Waals surface area contributed by atoms with Crippen LogP contribution in [0.2, 0.25) is 0 Å². The summed E-state index contributed by atoms with van der Waals surface area (Å²) >= 11 is 0. The molecule has 6 atom stereocenters. The maximum atomic E-state index is 12.7. The molecule has 8 nitrogen and oxygen atoms in total. The molecule has 0 amide bonds. The molecule has 2 aliphatic rings. The van der Waals surface area contributed by atoms with Gasteiger partial charge in [-0.15, -0.1) is 0 Å². The van der Waals surface area contributed by atoms with Crippen LogP contribution in [0.5, 0.6) is 0 Å². The molecule has 0 saturated heterocycles. The highest BCUT2D eigenvalue weighted by atomic mass is 16.4. The number of aliphatic carboxylic acids is 4. The van der Waals surface area contributed by atoms with Crippen LogP contribution in [0, 0.1) is 45.3 Å². The van der Waals surface area contributed by atoms with Crippen molar-refractivity contribution in [3.05, 3.63) is 0 Å². The van der Waals surface area contributed by atoms with Crippen LogP contribution in [0.15, 0.2) is 0 Å². The molecule has 158 valence electrons. The highest BCUT2D eigenvalue weighted by Crippen LogP contribution is 2.80. The van der Waals surface area contributed by atoms with Crippen LogP contribution in [0.4, 0.5) is 0 Å². The molecule has 0 bridgehead atoms. The number of carbonyl (C=O) groups is 4. The van der Waals surface area contributed by atoms with Crippen molar-refractivity contribution in [2.75, 3.05) is 0 Å². The second-order valence-corrected chi connectivity index (χ2v) is 10.3. The first-order valence-electron chi connectivity index (χ1n) is 9.42. The minimum Gasteiger partial charge on any atom is -0.481 e. The SMILES string of the molecule is CC(C)(C)C1(C(=O)O)C2CC(C(=O)O)C(C(=O)O)CC2C1(C(=O)O)C(C)(C)C. The maximum Gasteiger partial charge on any atom is 0.311 e. The zero-order valence-electron chi connectivity index (χ0n) is 17.1. The molecule has 0 radical (unpaired) electrons. The van der Waals surface area contributed by atoms with E-state index in [1.165, 1.54) is 0 Å². The summed E-state index contributed by atoms with van der Waals surface area (Å²) in [6, 6.07) is 0. The van der Waals surface area contributed by atoms with Gasteiger partial charge in [-0.3, -0.25) is 19.2 Å². The maximum absolute atomic E-state index is 12.7. The molecule has 0 aromatic heterocycles. The zero-order valence-corrected chi connectivity index (χ0v) is 17.1. The zero-order chi connectivity index (χ0) is 22.0. The molecule has 2 aliphatic carbocycles. The topological polar surface area (TPSA) is 149 Å². The van der Waals surface area contributed by atoms with Crippen molar-refractivity contribution in [3.8, 4) is 0 Å². The Morgan fingerprint density at radius 2 is 0.893 bits per heavy atom. The Morgan fingerprint density at radius 3 is 1.04 bits per heavy atom. The average Bonchev–Trinajstić information content (AvgIpc) is 2.43. The molecule has 6 unspecified atom stereocenters. The number of fused-ring (bicyclic) bond motifs is 1. The van der Waals surface area contributed by atoms with Crippen molar-refractivity contribution in [2.24, 2.45) is 45.3 Å². The predicted molar refractivity (Wildman–Crippen MR) is 97.5 cm³/mol. The Balaban J connectivity index is 2.84. The van der Waals surface area contributed by atoms with Gasteiger partial charge in [0.2, 0.25) is 0 Å². The minimum atomic E-state index is -1.73. The van der Waals surface area contributed by atoms with Crippen molar-refractivity contribution in [1.29, 1.82) is 0 Å². The van der Waals surface area contributed by atoms with Crippen molar-refractivity contribution in [3.63, 3.8) is 0 Å². The van der Waals surface area contributed by atoms with E-state index in [9.17, 15) is 39.6 Å². The Kier molecular flexibility index (Phi) is 4.90. The van der Waals surface area contributed by atoms with Crippen LogP contribution in [-0.4, -0.2) is 44.3 Å². The average molecular weight is 398 g/mol. The summed E-state index contributed by atoms with van der Waals surface area (Å²) in [4.78, 5) is 49.0. The molecule has 2 saturated carbocycles. The van der Waals surface area contributed by atoms with Gasteiger partial charge in [0.05, 0.1) is 22.7 Å². The second kappa shape index (κ2) is 6.19. The minimum absolute atomic E-state index is 0.161. The van der Waals surface area contributed by atoms with Crippen LogP contribution in [0.25, 0.3) is 0 Å². The fraction of sp³-hybridized carbons (Fsp3) is 0.800. The quantitative estimate of drug-likeness (QED) is 0.564. The van der Waals surface area contributed by atoms with E-state index in [1.807, 2.05) is 0 Å². The summed E-state index contributed by atoms with van der Waals surface area (Å²) in [5.41, 5.74) is -5.45. The van der Waals surface area contributed by atoms with E-state index in [4.69, 9.17) is 0 Å². The lowest BCUT2D eigenvalue weighted by molar-refractivity contribution is -0.308. The highest BCUT2D eigenvalue weighted by Gasteiger charge is 2.86. The standard InChI is InChI=1S/C20H30O8/c1-17(2,3)19(15(25)26)11-7-9(13(21)22)10(14(23)24)8-12(11)20(19,16(27)28)18(4,5)6/h9-12H,7-8H2,1-6H3,(H,21,22)(H,23,24)(H,25,26)(H,27,28). The van der Waals surface area contributed by atoms with Gasteiger partial charge in [0.15, 0.2) is 0 Å². The largest absolute Gasteiger partial charge is 0.481 e. The summed E-state index contributed by atoms with van der Waals surface area (Å²) in [6.07, 6.45) is -0.322. The second-order valence-electron chi connectivity index (χ2n) is 10.3. The Labute approximate surface area is 163 Å². The summed E-state index contributed by atoms with van der Waals surface area (Å²) < 4.78 is 0. The summed E-state index contributed by atoms with van der Waals surface area (Å²) in [5.74, 6) is -9.08. The number of hydrogen-bond acceptors (Lipinski definition) is 4. The van der Waals surface area contributed by atoms with Crippen LogP contribution >= 0.6 is 0 Å².